The maximum Gasteiger partial charge on any atom is 0.417 e. The third kappa shape index (κ3) is 2.18. The first-order valence-corrected chi connectivity index (χ1v) is 5.53. The highest BCUT2D eigenvalue weighted by atomic mass is 19.4. The second-order valence-corrected chi connectivity index (χ2v) is 4.35. The van der Waals surface area contributed by atoms with Crippen molar-refractivity contribution in [1.82, 2.24) is 4.98 Å². The summed E-state index contributed by atoms with van der Waals surface area (Å²) in [5, 5.41) is 0.148. The number of rotatable bonds is 1. The topological polar surface area (TPSA) is 38.9 Å². The summed E-state index contributed by atoms with van der Waals surface area (Å²) in [6.45, 7) is 3.40. The average Bonchev–Trinajstić information content (AvgIpc) is 2.26. The van der Waals surface area contributed by atoms with Gasteiger partial charge >= 0.3 is 6.18 Å². The summed E-state index contributed by atoms with van der Waals surface area (Å²) in [5.41, 5.74) is 6.53. The van der Waals surface area contributed by atoms with Crippen LogP contribution in [0.25, 0.3) is 10.9 Å². The Bertz CT molecular complexity index is 589. The molecule has 2 nitrogen and oxygen atoms in total. The lowest BCUT2D eigenvalue weighted by molar-refractivity contribution is -0.136. The molecule has 1 atom stereocenters. The number of benzene rings is 1. The van der Waals surface area contributed by atoms with Gasteiger partial charge in [0.05, 0.1) is 16.8 Å². The summed E-state index contributed by atoms with van der Waals surface area (Å²) in [4.78, 5) is 4.18. The van der Waals surface area contributed by atoms with Crippen LogP contribution in [0.4, 0.5) is 13.2 Å². The lowest BCUT2D eigenvalue weighted by Gasteiger charge is -2.14. The number of pyridine rings is 1. The predicted molar refractivity (Wildman–Crippen MR) is 64.1 cm³/mol. The summed E-state index contributed by atoms with van der Waals surface area (Å²) in [6.07, 6.45) is -4.37. The molecule has 0 aliphatic rings. The Morgan fingerprint density at radius 2 is 1.94 bits per heavy atom. The van der Waals surface area contributed by atoms with Gasteiger partial charge in [-0.15, -0.1) is 0 Å². The Balaban J connectivity index is 2.79. The van der Waals surface area contributed by atoms with Crippen molar-refractivity contribution in [3.05, 3.63) is 41.1 Å². The van der Waals surface area contributed by atoms with Gasteiger partial charge in [-0.05, 0) is 37.6 Å². The lowest BCUT2D eigenvalue weighted by Crippen LogP contribution is -2.10. The minimum absolute atomic E-state index is 0.148. The van der Waals surface area contributed by atoms with Gasteiger partial charge in [0.25, 0.3) is 0 Å². The molecule has 0 spiro atoms. The highest BCUT2D eigenvalue weighted by molar-refractivity contribution is 5.86. The Labute approximate surface area is 103 Å². The summed E-state index contributed by atoms with van der Waals surface area (Å²) >= 11 is 0. The normalized spacial score (nSPS) is 13.9. The van der Waals surface area contributed by atoms with Crippen molar-refractivity contribution in [2.45, 2.75) is 26.1 Å². The molecule has 1 unspecified atom stereocenters. The SMILES string of the molecule is Cc1cc(C(C)N)nc2cccc(C(F)(F)F)c12. The standard InChI is InChI=1S/C13H13F3N2/c1-7-6-11(8(2)17)18-10-5-3-4-9(12(7)10)13(14,15)16/h3-6,8H,17H2,1-2H3. The molecule has 0 fully saturated rings. The fourth-order valence-corrected chi connectivity index (χ4v) is 1.98. The zero-order valence-corrected chi connectivity index (χ0v) is 10.0. The second-order valence-electron chi connectivity index (χ2n) is 4.35. The van der Waals surface area contributed by atoms with Crippen molar-refractivity contribution >= 4 is 10.9 Å². The van der Waals surface area contributed by atoms with E-state index in [0.717, 1.165) is 6.07 Å². The average molecular weight is 254 g/mol. The van der Waals surface area contributed by atoms with Crippen LogP contribution < -0.4 is 5.73 Å². The van der Waals surface area contributed by atoms with E-state index < -0.39 is 11.7 Å². The number of alkyl halides is 3. The van der Waals surface area contributed by atoms with Crippen molar-refractivity contribution in [3.8, 4) is 0 Å². The summed E-state index contributed by atoms with van der Waals surface area (Å²) in [6, 6.07) is 5.32. The number of fused-ring (bicyclic) bond motifs is 1. The molecule has 96 valence electrons. The lowest BCUT2D eigenvalue weighted by atomic mass is 10.0. The summed E-state index contributed by atoms with van der Waals surface area (Å²) in [5.74, 6) is 0. The van der Waals surface area contributed by atoms with Crippen molar-refractivity contribution in [3.63, 3.8) is 0 Å². The Morgan fingerprint density at radius 3 is 2.50 bits per heavy atom. The number of hydrogen-bond acceptors (Lipinski definition) is 2. The van der Waals surface area contributed by atoms with Gasteiger partial charge in [0.15, 0.2) is 0 Å². The fraction of sp³-hybridized carbons (Fsp3) is 0.308. The number of halogens is 3. The van der Waals surface area contributed by atoms with Crippen LogP contribution in [0.3, 0.4) is 0 Å². The summed E-state index contributed by atoms with van der Waals surface area (Å²) in [7, 11) is 0. The third-order valence-electron chi connectivity index (χ3n) is 2.82. The number of hydrogen-bond donors (Lipinski definition) is 1. The number of nitrogens with two attached hydrogens (primary N) is 1. The monoisotopic (exact) mass is 254 g/mol. The molecule has 2 aromatic rings. The van der Waals surface area contributed by atoms with Crippen LogP contribution in [0.2, 0.25) is 0 Å². The molecular formula is C13H13F3N2. The van der Waals surface area contributed by atoms with E-state index in [2.05, 4.69) is 4.98 Å². The molecule has 0 amide bonds. The molecule has 0 bridgehead atoms. The largest absolute Gasteiger partial charge is 0.417 e. The molecule has 2 N–H and O–H groups in total. The van der Waals surface area contributed by atoms with Crippen LogP contribution in [0, 0.1) is 6.92 Å². The zero-order valence-electron chi connectivity index (χ0n) is 10.0. The molecule has 1 heterocycles. The van der Waals surface area contributed by atoms with Gasteiger partial charge in [-0.2, -0.15) is 13.2 Å². The highest BCUT2D eigenvalue weighted by Gasteiger charge is 2.33. The van der Waals surface area contributed by atoms with Gasteiger partial charge < -0.3 is 5.73 Å². The van der Waals surface area contributed by atoms with E-state index in [9.17, 15) is 13.2 Å². The highest BCUT2D eigenvalue weighted by Crippen LogP contribution is 2.36. The van der Waals surface area contributed by atoms with Gasteiger partial charge in [0, 0.05) is 11.4 Å². The maximum atomic E-state index is 12.9. The molecule has 1 aromatic carbocycles. The second kappa shape index (κ2) is 4.24. The van der Waals surface area contributed by atoms with E-state index in [1.54, 1.807) is 26.0 Å². The van der Waals surface area contributed by atoms with E-state index in [1.165, 1.54) is 6.07 Å². The first-order chi connectivity index (χ1) is 8.30. The van der Waals surface area contributed by atoms with E-state index in [0.29, 0.717) is 16.8 Å². The van der Waals surface area contributed by atoms with Gasteiger partial charge in [-0.3, -0.25) is 4.98 Å². The van der Waals surface area contributed by atoms with Crippen molar-refractivity contribution in [2.75, 3.05) is 0 Å². The van der Waals surface area contributed by atoms with Crippen LogP contribution in [-0.2, 0) is 6.18 Å². The smallest absolute Gasteiger partial charge is 0.323 e. The van der Waals surface area contributed by atoms with Crippen LogP contribution in [0.5, 0.6) is 0 Å². The van der Waals surface area contributed by atoms with Gasteiger partial charge in [0.1, 0.15) is 0 Å². The van der Waals surface area contributed by atoms with Crippen molar-refractivity contribution in [1.29, 1.82) is 0 Å². The predicted octanol–water partition coefficient (Wildman–Crippen LogP) is 3.58. The molecule has 2 rings (SSSR count). The Morgan fingerprint density at radius 1 is 1.28 bits per heavy atom. The van der Waals surface area contributed by atoms with E-state index in [1.807, 2.05) is 0 Å². The molecule has 0 saturated carbocycles. The minimum Gasteiger partial charge on any atom is -0.323 e. The molecule has 18 heavy (non-hydrogen) atoms. The fourth-order valence-electron chi connectivity index (χ4n) is 1.98. The van der Waals surface area contributed by atoms with Crippen LogP contribution in [0.15, 0.2) is 24.3 Å². The van der Waals surface area contributed by atoms with Gasteiger partial charge in [-0.1, -0.05) is 6.07 Å². The maximum absolute atomic E-state index is 12.9. The van der Waals surface area contributed by atoms with Crippen LogP contribution in [-0.4, -0.2) is 4.98 Å². The first kappa shape index (κ1) is 12.8. The molecule has 0 radical (unpaired) electrons. The van der Waals surface area contributed by atoms with Crippen LogP contribution >= 0.6 is 0 Å². The number of aromatic nitrogens is 1. The van der Waals surface area contributed by atoms with Crippen molar-refractivity contribution < 1.29 is 13.2 Å². The zero-order chi connectivity index (χ0) is 13.5. The quantitative estimate of drug-likeness (QED) is 0.844. The number of aryl methyl sites for hydroxylation is 1. The van der Waals surface area contributed by atoms with Gasteiger partial charge in [-0.25, -0.2) is 0 Å². The molecular weight excluding hydrogens is 241 g/mol. The molecule has 0 aliphatic carbocycles. The Kier molecular flexibility index (Phi) is 3.02. The Hall–Kier alpha value is -1.62. The van der Waals surface area contributed by atoms with E-state index >= 15 is 0 Å². The molecule has 1 aromatic heterocycles. The van der Waals surface area contributed by atoms with E-state index in [4.69, 9.17) is 5.73 Å². The van der Waals surface area contributed by atoms with Crippen LogP contribution in [0.1, 0.15) is 29.8 Å². The summed E-state index contributed by atoms with van der Waals surface area (Å²) < 4.78 is 38.7. The first-order valence-electron chi connectivity index (χ1n) is 5.53. The molecule has 0 aliphatic heterocycles. The van der Waals surface area contributed by atoms with Crippen molar-refractivity contribution in [2.24, 2.45) is 5.73 Å². The van der Waals surface area contributed by atoms with Gasteiger partial charge in [0.2, 0.25) is 0 Å². The molecule has 5 heteroatoms. The van der Waals surface area contributed by atoms with E-state index in [-0.39, 0.29) is 11.4 Å². The third-order valence-corrected chi connectivity index (χ3v) is 2.82. The number of nitrogens with zero attached hydrogens (tertiary/aromatic N) is 1. The molecule has 0 saturated heterocycles. The minimum atomic E-state index is -4.37.